The Kier molecular flexibility index (Phi) is 4.56. The molecule has 0 saturated heterocycles. The Hall–Kier alpha value is -0.930. The fourth-order valence-electron chi connectivity index (χ4n) is 1.49. The molecule has 78 valence electrons. The monoisotopic (exact) mass is 196 g/mol. The minimum atomic E-state index is -0.192. The van der Waals surface area contributed by atoms with Crippen LogP contribution in [0.1, 0.15) is 24.4 Å². The van der Waals surface area contributed by atoms with E-state index >= 15 is 0 Å². The summed E-state index contributed by atoms with van der Waals surface area (Å²) in [6, 6.07) is 6.88. The molecular weight excluding hydrogens is 179 g/mol. The van der Waals surface area contributed by atoms with E-state index in [9.17, 15) is 4.39 Å². The van der Waals surface area contributed by atoms with Gasteiger partial charge in [-0.25, -0.2) is 4.39 Å². The predicted octanol–water partition coefficient (Wildman–Crippen LogP) is 1.83. The molecule has 1 atom stereocenters. The quantitative estimate of drug-likeness (QED) is 0.754. The van der Waals surface area contributed by atoms with Crippen molar-refractivity contribution in [1.82, 2.24) is 5.32 Å². The number of rotatable bonds is 5. The normalized spacial score (nSPS) is 12.8. The highest BCUT2D eigenvalue weighted by Gasteiger charge is 2.07. The molecule has 3 N–H and O–H groups in total. The van der Waals surface area contributed by atoms with Gasteiger partial charge in [0.05, 0.1) is 0 Å². The van der Waals surface area contributed by atoms with Crippen molar-refractivity contribution in [2.45, 2.75) is 18.9 Å². The molecule has 0 spiro atoms. The van der Waals surface area contributed by atoms with Crippen molar-refractivity contribution in [3.05, 3.63) is 35.6 Å². The van der Waals surface area contributed by atoms with E-state index in [1.807, 2.05) is 19.2 Å². The molecule has 0 saturated carbocycles. The second-order valence-electron chi connectivity index (χ2n) is 3.32. The summed E-state index contributed by atoms with van der Waals surface area (Å²) in [5, 5.41) is 3.19. The summed E-state index contributed by atoms with van der Waals surface area (Å²) in [6.07, 6.45) is 1.96. The lowest BCUT2D eigenvalue weighted by Gasteiger charge is -2.15. The molecule has 0 bridgehead atoms. The molecular formula is C11H17FN2. The van der Waals surface area contributed by atoms with Crippen molar-refractivity contribution in [3.63, 3.8) is 0 Å². The maximum absolute atomic E-state index is 12.7. The Morgan fingerprint density at radius 3 is 2.50 bits per heavy atom. The van der Waals surface area contributed by atoms with Crippen LogP contribution in [-0.4, -0.2) is 13.6 Å². The molecule has 1 unspecified atom stereocenters. The molecule has 1 rings (SSSR count). The van der Waals surface area contributed by atoms with Gasteiger partial charge in [-0.05, 0) is 44.1 Å². The van der Waals surface area contributed by atoms with Gasteiger partial charge in [0.1, 0.15) is 5.82 Å². The first-order chi connectivity index (χ1) is 6.77. The molecule has 0 aliphatic rings. The van der Waals surface area contributed by atoms with Gasteiger partial charge in [-0.1, -0.05) is 12.1 Å². The van der Waals surface area contributed by atoms with E-state index < -0.39 is 0 Å². The summed E-state index contributed by atoms with van der Waals surface area (Å²) in [7, 11) is 1.91. The van der Waals surface area contributed by atoms with Crippen LogP contribution in [0.5, 0.6) is 0 Å². The first-order valence-corrected chi connectivity index (χ1v) is 4.90. The highest BCUT2D eigenvalue weighted by atomic mass is 19.1. The highest BCUT2D eigenvalue weighted by Crippen LogP contribution is 2.17. The van der Waals surface area contributed by atoms with E-state index in [0.29, 0.717) is 6.54 Å². The Labute approximate surface area is 84.3 Å². The van der Waals surface area contributed by atoms with E-state index in [1.165, 1.54) is 12.1 Å². The third kappa shape index (κ3) is 3.09. The van der Waals surface area contributed by atoms with Crippen LogP contribution in [0, 0.1) is 5.82 Å². The number of benzene rings is 1. The van der Waals surface area contributed by atoms with Crippen LogP contribution in [0.2, 0.25) is 0 Å². The Balaban J connectivity index is 2.64. The van der Waals surface area contributed by atoms with Crippen molar-refractivity contribution in [2.24, 2.45) is 5.73 Å². The summed E-state index contributed by atoms with van der Waals surface area (Å²) in [5.74, 6) is -0.192. The molecule has 1 aromatic rings. The number of halogens is 1. The topological polar surface area (TPSA) is 38.0 Å². The van der Waals surface area contributed by atoms with Gasteiger partial charge in [0.15, 0.2) is 0 Å². The number of nitrogens with two attached hydrogens (primary N) is 1. The Bertz CT molecular complexity index is 258. The molecule has 2 nitrogen and oxygen atoms in total. The van der Waals surface area contributed by atoms with Gasteiger partial charge in [-0.15, -0.1) is 0 Å². The molecule has 0 heterocycles. The van der Waals surface area contributed by atoms with Gasteiger partial charge in [0, 0.05) is 6.04 Å². The smallest absolute Gasteiger partial charge is 0.123 e. The summed E-state index contributed by atoms with van der Waals surface area (Å²) in [6.45, 7) is 0.694. The minimum absolute atomic E-state index is 0.192. The van der Waals surface area contributed by atoms with Crippen molar-refractivity contribution in [2.75, 3.05) is 13.6 Å². The Morgan fingerprint density at radius 1 is 1.36 bits per heavy atom. The molecule has 14 heavy (non-hydrogen) atoms. The summed E-state index contributed by atoms with van der Waals surface area (Å²) >= 11 is 0. The van der Waals surface area contributed by atoms with Crippen molar-refractivity contribution in [1.29, 1.82) is 0 Å². The van der Waals surface area contributed by atoms with Crippen LogP contribution in [0.3, 0.4) is 0 Å². The van der Waals surface area contributed by atoms with Crippen LogP contribution in [0.25, 0.3) is 0 Å². The molecule has 0 fully saturated rings. The lowest BCUT2D eigenvalue weighted by atomic mass is 10.0. The van der Waals surface area contributed by atoms with E-state index in [4.69, 9.17) is 5.73 Å². The van der Waals surface area contributed by atoms with Crippen LogP contribution in [0.4, 0.5) is 4.39 Å². The summed E-state index contributed by atoms with van der Waals surface area (Å²) in [5.41, 5.74) is 6.56. The van der Waals surface area contributed by atoms with E-state index in [-0.39, 0.29) is 11.9 Å². The van der Waals surface area contributed by atoms with Gasteiger partial charge in [-0.2, -0.15) is 0 Å². The first kappa shape index (κ1) is 11.1. The standard InChI is InChI=1S/C11H17FN2/c1-14-11(3-2-8-13)9-4-6-10(12)7-5-9/h4-7,11,14H,2-3,8,13H2,1H3. The zero-order chi connectivity index (χ0) is 10.4. The van der Waals surface area contributed by atoms with Gasteiger partial charge in [0.25, 0.3) is 0 Å². The van der Waals surface area contributed by atoms with Gasteiger partial charge < -0.3 is 11.1 Å². The van der Waals surface area contributed by atoms with Crippen molar-refractivity contribution >= 4 is 0 Å². The molecule has 0 aliphatic carbocycles. The Morgan fingerprint density at radius 2 is 2.00 bits per heavy atom. The van der Waals surface area contributed by atoms with Crippen LogP contribution < -0.4 is 11.1 Å². The highest BCUT2D eigenvalue weighted by molar-refractivity contribution is 5.19. The second kappa shape index (κ2) is 5.73. The minimum Gasteiger partial charge on any atom is -0.330 e. The first-order valence-electron chi connectivity index (χ1n) is 4.90. The molecule has 3 heteroatoms. The lowest BCUT2D eigenvalue weighted by Crippen LogP contribution is -2.17. The van der Waals surface area contributed by atoms with E-state index in [0.717, 1.165) is 18.4 Å². The van der Waals surface area contributed by atoms with Crippen LogP contribution in [0.15, 0.2) is 24.3 Å². The third-order valence-electron chi connectivity index (χ3n) is 2.32. The fourth-order valence-corrected chi connectivity index (χ4v) is 1.49. The van der Waals surface area contributed by atoms with Gasteiger partial charge in [0.2, 0.25) is 0 Å². The third-order valence-corrected chi connectivity index (χ3v) is 2.32. The molecule has 0 aromatic heterocycles. The van der Waals surface area contributed by atoms with Crippen molar-refractivity contribution in [3.8, 4) is 0 Å². The molecule has 0 amide bonds. The predicted molar refractivity (Wildman–Crippen MR) is 56.5 cm³/mol. The zero-order valence-corrected chi connectivity index (χ0v) is 8.46. The maximum Gasteiger partial charge on any atom is 0.123 e. The molecule has 0 aliphatic heterocycles. The van der Waals surface area contributed by atoms with Crippen LogP contribution in [-0.2, 0) is 0 Å². The SMILES string of the molecule is CNC(CCCN)c1ccc(F)cc1. The van der Waals surface area contributed by atoms with Gasteiger partial charge >= 0.3 is 0 Å². The average Bonchev–Trinajstić information content (AvgIpc) is 2.21. The lowest BCUT2D eigenvalue weighted by molar-refractivity contribution is 0.529. The molecule has 0 radical (unpaired) electrons. The average molecular weight is 196 g/mol. The fraction of sp³-hybridized carbons (Fsp3) is 0.455. The summed E-state index contributed by atoms with van der Waals surface area (Å²) in [4.78, 5) is 0. The summed E-state index contributed by atoms with van der Waals surface area (Å²) < 4.78 is 12.7. The van der Waals surface area contributed by atoms with Crippen LogP contribution >= 0.6 is 0 Å². The largest absolute Gasteiger partial charge is 0.330 e. The maximum atomic E-state index is 12.7. The number of hydrogen-bond acceptors (Lipinski definition) is 2. The van der Waals surface area contributed by atoms with E-state index in [2.05, 4.69) is 5.32 Å². The van der Waals surface area contributed by atoms with Crippen molar-refractivity contribution < 1.29 is 4.39 Å². The second-order valence-corrected chi connectivity index (χ2v) is 3.32. The van der Waals surface area contributed by atoms with E-state index in [1.54, 1.807) is 0 Å². The van der Waals surface area contributed by atoms with Gasteiger partial charge in [-0.3, -0.25) is 0 Å². The number of hydrogen-bond donors (Lipinski definition) is 2. The molecule has 1 aromatic carbocycles. The zero-order valence-electron chi connectivity index (χ0n) is 8.46. The number of nitrogens with one attached hydrogen (secondary N) is 1.